The van der Waals surface area contributed by atoms with Gasteiger partial charge in [0.05, 0.1) is 0 Å². The molecule has 14 heavy (non-hydrogen) atoms. The Labute approximate surface area is 93.0 Å². The number of halogens is 2. The lowest BCUT2D eigenvalue weighted by atomic mass is 9.87. The van der Waals surface area contributed by atoms with Gasteiger partial charge in [0.1, 0.15) is 5.60 Å². The monoisotopic (exact) mass is 231 g/mol. The standard InChI is InChI=1S/C10H11Cl2NO/c1-13-5-10(14,6-13)8-4-7(11)2-3-9(8)12/h2-4,14H,5-6H2,1H3. The van der Waals surface area contributed by atoms with Gasteiger partial charge in [0.2, 0.25) is 0 Å². The van der Waals surface area contributed by atoms with Crippen molar-refractivity contribution in [1.29, 1.82) is 0 Å². The molecular weight excluding hydrogens is 221 g/mol. The summed E-state index contributed by atoms with van der Waals surface area (Å²) >= 11 is 11.9. The molecule has 1 aromatic carbocycles. The number of nitrogens with zero attached hydrogens (tertiary/aromatic N) is 1. The molecule has 0 saturated carbocycles. The van der Waals surface area contributed by atoms with Gasteiger partial charge in [-0.1, -0.05) is 23.2 Å². The summed E-state index contributed by atoms with van der Waals surface area (Å²) in [6, 6.07) is 5.17. The van der Waals surface area contributed by atoms with E-state index >= 15 is 0 Å². The van der Waals surface area contributed by atoms with Gasteiger partial charge in [-0.15, -0.1) is 0 Å². The molecule has 0 radical (unpaired) electrons. The van der Waals surface area contributed by atoms with Gasteiger partial charge in [0, 0.05) is 28.7 Å². The lowest BCUT2D eigenvalue weighted by Crippen LogP contribution is -2.57. The fourth-order valence-electron chi connectivity index (χ4n) is 1.87. The van der Waals surface area contributed by atoms with Crippen LogP contribution in [0, 0.1) is 0 Å². The Morgan fingerprint density at radius 2 is 2.00 bits per heavy atom. The van der Waals surface area contributed by atoms with E-state index in [1.807, 2.05) is 11.9 Å². The highest BCUT2D eigenvalue weighted by Crippen LogP contribution is 2.36. The average molecular weight is 232 g/mol. The van der Waals surface area contributed by atoms with E-state index in [0.29, 0.717) is 23.1 Å². The van der Waals surface area contributed by atoms with Gasteiger partial charge in [-0.25, -0.2) is 0 Å². The molecule has 1 heterocycles. The lowest BCUT2D eigenvalue weighted by molar-refractivity contribution is -0.0917. The summed E-state index contributed by atoms with van der Waals surface area (Å²) in [6.45, 7) is 1.21. The number of rotatable bonds is 1. The zero-order valence-corrected chi connectivity index (χ0v) is 9.31. The summed E-state index contributed by atoms with van der Waals surface area (Å²) in [5.41, 5.74) is -0.0960. The van der Waals surface area contributed by atoms with Crippen LogP contribution in [0.1, 0.15) is 5.56 Å². The van der Waals surface area contributed by atoms with Crippen LogP contribution in [0.5, 0.6) is 0 Å². The molecule has 1 N–H and O–H groups in total. The fourth-order valence-corrected chi connectivity index (χ4v) is 2.34. The number of hydrogen-bond acceptors (Lipinski definition) is 2. The maximum atomic E-state index is 10.2. The summed E-state index contributed by atoms with van der Waals surface area (Å²) in [6.07, 6.45) is 0. The third-order valence-corrected chi connectivity index (χ3v) is 3.06. The SMILES string of the molecule is CN1CC(O)(c2cc(Cl)ccc2Cl)C1. The number of hydrogen-bond donors (Lipinski definition) is 1. The highest BCUT2D eigenvalue weighted by molar-refractivity contribution is 6.33. The van der Waals surface area contributed by atoms with Crippen molar-refractivity contribution >= 4 is 23.2 Å². The summed E-state index contributed by atoms with van der Waals surface area (Å²) in [7, 11) is 1.95. The molecule has 1 aliphatic heterocycles. The minimum absolute atomic E-state index is 0.574. The second kappa shape index (κ2) is 3.38. The van der Waals surface area contributed by atoms with Crippen molar-refractivity contribution in [3.05, 3.63) is 33.8 Å². The molecule has 0 bridgehead atoms. The predicted molar refractivity (Wildman–Crippen MR) is 57.9 cm³/mol. The average Bonchev–Trinajstić information content (AvgIpc) is 2.07. The van der Waals surface area contributed by atoms with E-state index in [1.165, 1.54) is 0 Å². The first-order valence-electron chi connectivity index (χ1n) is 4.38. The molecule has 0 aliphatic carbocycles. The second-order valence-electron chi connectivity index (χ2n) is 3.83. The highest BCUT2D eigenvalue weighted by atomic mass is 35.5. The van der Waals surface area contributed by atoms with E-state index in [2.05, 4.69) is 0 Å². The number of likely N-dealkylation sites (tertiary alicyclic amines) is 1. The molecule has 2 nitrogen and oxygen atoms in total. The zero-order valence-electron chi connectivity index (χ0n) is 7.80. The van der Waals surface area contributed by atoms with Gasteiger partial charge < -0.3 is 5.11 Å². The second-order valence-corrected chi connectivity index (χ2v) is 4.67. The Bertz CT molecular complexity index is 361. The maximum absolute atomic E-state index is 10.2. The largest absolute Gasteiger partial charge is 0.382 e. The molecule has 0 aromatic heterocycles. The lowest BCUT2D eigenvalue weighted by Gasteiger charge is -2.45. The minimum Gasteiger partial charge on any atom is -0.382 e. The normalized spacial score (nSPS) is 20.6. The van der Waals surface area contributed by atoms with Crippen molar-refractivity contribution in [1.82, 2.24) is 4.90 Å². The first-order valence-corrected chi connectivity index (χ1v) is 5.13. The molecule has 0 atom stereocenters. The molecule has 0 spiro atoms. The molecule has 2 rings (SSSR count). The molecule has 1 fully saturated rings. The Morgan fingerprint density at radius 1 is 1.36 bits per heavy atom. The fraction of sp³-hybridized carbons (Fsp3) is 0.400. The van der Waals surface area contributed by atoms with Crippen LogP contribution < -0.4 is 0 Å². The molecule has 4 heteroatoms. The first kappa shape index (κ1) is 10.2. The van der Waals surface area contributed by atoms with Crippen molar-refractivity contribution < 1.29 is 5.11 Å². The highest BCUT2D eigenvalue weighted by Gasteiger charge is 2.41. The van der Waals surface area contributed by atoms with Crippen LogP contribution in [0.25, 0.3) is 0 Å². The summed E-state index contributed by atoms with van der Waals surface area (Å²) in [5, 5.41) is 11.4. The van der Waals surface area contributed by atoms with Crippen LogP contribution in [-0.2, 0) is 5.60 Å². The van der Waals surface area contributed by atoms with E-state index in [1.54, 1.807) is 18.2 Å². The first-order chi connectivity index (χ1) is 6.51. The number of likely N-dealkylation sites (N-methyl/N-ethyl adjacent to an activating group) is 1. The van der Waals surface area contributed by atoms with Gasteiger partial charge >= 0.3 is 0 Å². The molecule has 0 amide bonds. The molecule has 1 aromatic rings. The zero-order chi connectivity index (χ0) is 10.3. The molecule has 1 saturated heterocycles. The summed E-state index contributed by atoms with van der Waals surface area (Å²) in [4.78, 5) is 2.03. The number of benzene rings is 1. The van der Waals surface area contributed by atoms with Crippen LogP contribution in [0.3, 0.4) is 0 Å². The van der Waals surface area contributed by atoms with Crippen molar-refractivity contribution in [3.63, 3.8) is 0 Å². The quantitative estimate of drug-likeness (QED) is 0.801. The van der Waals surface area contributed by atoms with Crippen molar-refractivity contribution in [2.45, 2.75) is 5.60 Å². The Hall–Kier alpha value is -0.280. The summed E-state index contributed by atoms with van der Waals surface area (Å²) < 4.78 is 0. The Balaban J connectivity index is 2.36. The third kappa shape index (κ3) is 1.63. The van der Waals surface area contributed by atoms with Gasteiger partial charge in [-0.05, 0) is 25.2 Å². The predicted octanol–water partition coefficient (Wildman–Crippen LogP) is 2.13. The van der Waals surface area contributed by atoms with Crippen molar-refractivity contribution in [2.24, 2.45) is 0 Å². The van der Waals surface area contributed by atoms with Crippen LogP contribution in [0.15, 0.2) is 18.2 Å². The van der Waals surface area contributed by atoms with Gasteiger partial charge in [-0.3, -0.25) is 4.90 Å². The molecule has 76 valence electrons. The van der Waals surface area contributed by atoms with Crippen molar-refractivity contribution in [2.75, 3.05) is 20.1 Å². The van der Waals surface area contributed by atoms with Crippen LogP contribution >= 0.6 is 23.2 Å². The summed E-state index contributed by atoms with van der Waals surface area (Å²) in [5.74, 6) is 0. The van der Waals surface area contributed by atoms with Crippen LogP contribution in [-0.4, -0.2) is 30.1 Å². The van der Waals surface area contributed by atoms with Crippen LogP contribution in [0.2, 0.25) is 10.0 Å². The van der Waals surface area contributed by atoms with E-state index in [-0.39, 0.29) is 0 Å². The molecule has 1 aliphatic rings. The topological polar surface area (TPSA) is 23.5 Å². The van der Waals surface area contributed by atoms with Gasteiger partial charge in [-0.2, -0.15) is 0 Å². The third-order valence-electron chi connectivity index (χ3n) is 2.49. The van der Waals surface area contributed by atoms with Gasteiger partial charge in [0.15, 0.2) is 0 Å². The number of aliphatic hydroxyl groups is 1. The van der Waals surface area contributed by atoms with Gasteiger partial charge in [0.25, 0.3) is 0 Å². The molecule has 0 unspecified atom stereocenters. The van der Waals surface area contributed by atoms with E-state index in [0.717, 1.165) is 5.56 Å². The Morgan fingerprint density at radius 3 is 2.57 bits per heavy atom. The van der Waals surface area contributed by atoms with Crippen LogP contribution in [0.4, 0.5) is 0 Å². The maximum Gasteiger partial charge on any atom is 0.116 e. The number of β-amino-alcohol motifs (C(OH)–C–C–N with tert-alkyl or cyclic N) is 1. The van der Waals surface area contributed by atoms with Crippen molar-refractivity contribution in [3.8, 4) is 0 Å². The van der Waals surface area contributed by atoms with E-state index in [9.17, 15) is 5.11 Å². The van der Waals surface area contributed by atoms with E-state index < -0.39 is 5.60 Å². The van der Waals surface area contributed by atoms with E-state index in [4.69, 9.17) is 23.2 Å². The Kier molecular flexibility index (Phi) is 2.48. The molecular formula is C10H11Cl2NO. The minimum atomic E-state index is -0.823. The smallest absolute Gasteiger partial charge is 0.116 e.